The summed E-state index contributed by atoms with van der Waals surface area (Å²) in [5.41, 5.74) is 4.45. The van der Waals surface area contributed by atoms with Gasteiger partial charge in [0.15, 0.2) is 3.77 Å². The quantitative estimate of drug-likeness (QED) is 0.505. The minimum Gasteiger partial charge on any atom is -0.451 e. The van der Waals surface area contributed by atoms with E-state index in [4.69, 9.17) is 9.68 Å². The topological polar surface area (TPSA) is 71.0 Å². The van der Waals surface area contributed by atoms with Gasteiger partial charge in [-0.25, -0.2) is 0 Å². The highest BCUT2D eigenvalue weighted by atomic mass is 127. The SMILES string of the molecule is Cc1ccc(C)n1NC(=O)/C(C#N)=C\c1ccc(I)o1. The summed E-state index contributed by atoms with van der Waals surface area (Å²) in [7, 11) is 0. The summed E-state index contributed by atoms with van der Waals surface area (Å²) >= 11 is 2.02. The van der Waals surface area contributed by atoms with Crippen LogP contribution in [0.15, 0.2) is 34.3 Å². The summed E-state index contributed by atoms with van der Waals surface area (Å²) in [6.07, 6.45) is 1.42. The molecule has 0 spiro atoms. The predicted octanol–water partition coefficient (Wildman–Crippen LogP) is 2.98. The lowest BCUT2D eigenvalue weighted by atomic mass is 10.2. The van der Waals surface area contributed by atoms with Crippen LogP contribution in [0.1, 0.15) is 17.1 Å². The Bertz CT molecular complexity index is 700. The number of nitrogens with zero attached hydrogens (tertiary/aromatic N) is 2. The van der Waals surface area contributed by atoms with Crippen LogP contribution in [0.4, 0.5) is 0 Å². The van der Waals surface area contributed by atoms with Crippen LogP contribution in [0.5, 0.6) is 0 Å². The fraction of sp³-hybridized carbons (Fsp3) is 0.143. The molecule has 0 aromatic carbocycles. The summed E-state index contributed by atoms with van der Waals surface area (Å²) < 4.78 is 7.66. The van der Waals surface area contributed by atoms with Crippen molar-refractivity contribution in [3.05, 3.63) is 50.8 Å². The summed E-state index contributed by atoms with van der Waals surface area (Å²) in [5, 5.41) is 9.10. The minimum absolute atomic E-state index is 0.0109. The van der Waals surface area contributed by atoms with E-state index in [1.54, 1.807) is 16.8 Å². The van der Waals surface area contributed by atoms with Gasteiger partial charge in [-0.1, -0.05) is 0 Å². The standard InChI is InChI=1S/C14H12IN3O2/c1-9-3-4-10(2)18(9)17-14(19)11(8-16)7-12-5-6-13(15)20-12/h3-7H,1-2H3,(H,17,19)/b11-7-. The largest absolute Gasteiger partial charge is 0.451 e. The van der Waals surface area contributed by atoms with Gasteiger partial charge < -0.3 is 4.42 Å². The van der Waals surface area contributed by atoms with Gasteiger partial charge in [-0.2, -0.15) is 5.26 Å². The number of hydrogen-bond acceptors (Lipinski definition) is 3. The zero-order valence-corrected chi connectivity index (χ0v) is 13.1. The Balaban J connectivity index is 2.23. The van der Waals surface area contributed by atoms with Crippen molar-refractivity contribution in [1.29, 1.82) is 5.26 Å². The fourth-order valence-corrected chi connectivity index (χ4v) is 2.14. The molecule has 1 amide bonds. The lowest BCUT2D eigenvalue weighted by molar-refractivity contribution is -0.113. The van der Waals surface area contributed by atoms with E-state index in [2.05, 4.69) is 5.43 Å². The molecule has 0 radical (unpaired) electrons. The Hall–Kier alpha value is -2.01. The van der Waals surface area contributed by atoms with Crippen LogP contribution in [-0.4, -0.2) is 10.6 Å². The molecule has 0 saturated carbocycles. The third-order valence-electron chi connectivity index (χ3n) is 2.73. The lowest BCUT2D eigenvalue weighted by Gasteiger charge is -2.10. The van der Waals surface area contributed by atoms with Crippen molar-refractivity contribution in [3.63, 3.8) is 0 Å². The summed E-state index contributed by atoms with van der Waals surface area (Å²) in [4.78, 5) is 12.1. The Morgan fingerprint density at radius 2 is 2.00 bits per heavy atom. The van der Waals surface area contributed by atoms with Crippen LogP contribution in [0.3, 0.4) is 0 Å². The zero-order chi connectivity index (χ0) is 14.7. The number of aryl methyl sites for hydroxylation is 2. The van der Waals surface area contributed by atoms with Gasteiger partial charge in [0.05, 0.1) is 0 Å². The Morgan fingerprint density at radius 1 is 1.35 bits per heavy atom. The van der Waals surface area contributed by atoms with Crippen molar-refractivity contribution >= 4 is 34.6 Å². The van der Waals surface area contributed by atoms with Crippen LogP contribution in [0, 0.1) is 28.9 Å². The number of nitriles is 1. The van der Waals surface area contributed by atoms with Gasteiger partial charge in [0.25, 0.3) is 5.91 Å². The number of carbonyl (C=O) groups excluding carboxylic acids is 1. The van der Waals surface area contributed by atoms with Crippen molar-refractivity contribution in [2.24, 2.45) is 0 Å². The van der Waals surface area contributed by atoms with E-state index in [9.17, 15) is 4.79 Å². The van der Waals surface area contributed by atoms with Crippen molar-refractivity contribution < 1.29 is 9.21 Å². The maximum atomic E-state index is 12.1. The smallest absolute Gasteiger partial charge is 0.280 e. The van der Waals surface area contributed by atoms with E-state index >= 15 is 0 Å². The van der Waals surface area contributed by atoms with E-state index in [-0.39, 0.29) is 5.57 Å². The molecule has 5 nitrogen and oxygen atoms in total. The normalized spacial score (nSPS) is 11.2. The maximum Gasteiger partial charge on any atom is 0.280 e. The third-order valence-corrected chi connectivity index (χ3v) is 3.31. The van der Waals surface area contributed by atoms with Gasteiger partial charge in [0.2, 0.25) is 0 Å². The second-order valence-electron chi connectivity index (χ2n) is 4.20. The number of nitrogens with one attached hydrogen (secondary N) is 1. The summed E-state index contributed by atoms with van der Waals surface area (Å²) in [6, 6.07) is 9.13. The molecule has 2 heterocycles. The van der Waals surface area contributed by atoms with E-state index in [0.717, 1.165) is 11.4 Å². The fourth-order valence-electron chi connectivity index (χ4n) is 1.70. The van der Waals surface area contributed by atoms with Crippen molar-refractivity contribution in [2.75, 3.05) is 5.43 Å². The Labute approximate surface area is 130 Å². The number of amides is 1. The van der Waals surface area contributed by atoms with Gasteiger partial charge in [0, 0.05) is 17.5 Å². The first-order valence-electron chi connectivity index (χ1n) is 5.84. The van der Waals surface area contributed by atoms with E-state index < -0.39 is 5.91 Å². The van der Waals surface area contributed by atoms with Crippen LogP contribution in [-0.2, 0) is 4.79 Å². The minimum atomic E-state index is -0.471. The molecule has 0 aliphatic rings. The van der Waals surface area contributed by atoms with Crippen molar-refractivity contribution in [2.45, 2.75) is 13.8 Å². The second-order valence-corrected chi connectivity index (χ2v) is 5.27. The predicted molar refractivity (Wildman–Crippen MR) is 83.3 cm³/mol. The number of carbonyl (C=O) groups is 1. The van der Waals surface area contributed by atoms with E-state index in [0.29, 0.717) is 9.53 Å². The molecule has 0 atom stereocenters. The van der Waals surface area contributed by atoms with Gasteiger partial charge in [-0.05, 0) is 60.7 Å². The molecule has 2 aromatic rings. The first-order valence-corrected chi connectivity index (χ1v) is 6.92. The van der Waals surface area contributed by atoms with E-state index in [1.807, 2.05) is 54.6 Å². The van der Waals surface area contributed by atoms with Crippen LogP contribution >= 0.6 is 22.6 Å². The maximum absolute atomic E-state index is 12.1. The van der Waals surface area contributed by atoms with Gasteiger partial charge in [0.1, 0.15) is 17.4 Å². The molecule has 0 aliphatic heterocycles. The number of halogens is 1. The molecule has 0 unspecified atom stereocenters. The molecular formula is C14H12IN3O2. The van der Waals surface area contributed by atoms with Gasteiger partial charge in [-0.15, -0.1) is 0 Å². The molecule has 0 saturated heterocycles. The molecular weight excluding hydrogens is 369 g/mol. The third kappa shape index (κ3) is 3.11. The van der Waals surface area contributed by atoms with Crippen LogP contribution < -0.4 is 5.43 Å². The summed E-state index contributed by atoms with van der Waals surface area (Å²) in [5.74, 6) is 0.00311. The molecule has 1 N–H and O–H groups in total. The Morgan fingerprint density at radius 3 is 2.50 bits per heavy atom. The first-order chi connectivity index (χ1) is 9.51. The summed E-state index contributed by atoms with van der Waals surface area (Å²) in [6.45, 7) is 3.75. The number of aromatic nitrogens is 1. The van der Waals surface area contributed by atoms with Crippen LogP contribution in [0.25, 0.3) is 6.08 Å². The number of furan rings is 1. The first kappa shape index (κ1) is 14.4. The average molecular weight is 381 g/mol. The molecule has 6 heteroatoms. The van der Waals surface area contributed by atoms with E-state index in [1.165, 1.54) is 6.08 Å². The van der Waals surface area contributed by atoms with Crippen molar-refractivity contribution in [1.82, 2.24) is 4.68 Å². The second kappa shape index (κ2) is 5.96. The average Bonchev–Trinajstić information content (AvgIpc) is 2.96. The molecule has 0 bridgehead atoms. The highest BCUT2D eigenvalue weighted by Gasteiger charge is 2.12. The van der Waals surface area contributed by atoms with Gasteiger partial charge in [-0.3, -0.25) is 14.9 Å². The molecule has 102 valence electrons. The van der Waals surface area contributed by atoms with Crippen molar-refractivity contribution in [3.8, 4) is 6.07 Å². The molecule has 0 fully saturated rings. The highest BCUT2D eigenvalue weighted by molar-refractivity contribution is 14.1. The van der Waals surface area contributed by atoms with Crippen LogP contribution in [0.2, 0.25) is 0 Å². The molecule has 2 rings (SSSR count). The Kier molecular flexibility index (Phi) is 4.29. The monoisotopic (exact) mass is 381 g/mol. The number of rotatable bonds is 3. The number of hydrogen-bond donors (Lipinski definition) is 1. The lowest BCUT2D eigenvalue weighted by Crippen LogP contribution is -2.25. The van der Waals surface area contributed by atoms with Gasteiger partial charge >= 0.3 is 0 Å². The molecule has 2 aromatic heterocycles. The highest BCUT2D eigenvalue weighted by Crippen LogP contribution is 2.14. The molecule has 20 heavy (non-hydrogen) atoms. The zero-order valence-electron chi connectivity index (χ0n) is 11.0. The molecule has 0 aliphatic carbocycles.